The zero-order chi connectivity index (χ0) is 20.1. The van der Waals surface area contributed by atoms with Gasteiger partial charge in [0, 0.05) is 23.8 Å². The van der Waals surface area contributed by atoms with Gasteiger partial charge >= 0.3 is 11.9 Å². The van der Waals surface area contributed by atoms with Crippen LogP contribution in [0.25, 0.3) is 0 Å². The quantitative estimate of drug-likeness (QED) is 0.203. The van der Waals surface area contributed by atoms with E-state index in [9.17, 15) is 23.4 Å². The molecule has 11 nitrogen and oxygen atoms in total. The summed E-state index contributed by atoms with van der Waals surface area (Å²) in [7, 11) is -0.715. The van der Waals surface area contributed by atoms with Crippen LogP contribution in [-0.2, 0) is 30.0 Å². The lowest BCUT2D eigenvalue weighted by atomic mass is 10.1. The molecule has 1 aliphatic rings. The number of carbonyl (C=O) groups is 4. The average Bonchev–Trinajstić information content (AvgIpc) is 3.06. The van der Waals surface area contributed by atoms with E-state index in [4.69, 9.17) is 15.9 Å². The van der Waals surface area contributed by atoms with Crippen LogP contribution in [0.2, 0.25) is 0 Å². The first kappa shape index (κ1) is 23.9. The average molecular weight is 410 g/mol. The first-order chi connectivity index (χ1) is 12.2. The van der Waals surface area contributed by atoms with Crippen LogP contribution in [0.15, 0.2) is 11.6 Å². The first-order valence-corrected chi connectivity index (χ1v) is 9.34. The highest BCUT2D eigenvalue weighted by Gasteiger charge is 2.20. The van der Waals surface area contributed by atoms with Crippen LogP contribution in [0.5, 0.6) is 0 Å². The predicted molar refractivity (Wildman–Crippen MR) is 96.6 cm³/mol. The Kier molecular flexibility index (Phi) is 12.1. The SMILES string of the molecule is N[C@@H](CCC(=O)N[C@@H](CS)C(=O)NCC(=O)O)C(=O)O.O=S1C=CNC1. The highest BCUT2D eigenvalue weighted by Crippen LogP contribution is 1.97. The van der Waals surface area contributed by atoms with Crippen LogP contribution in [0.1, 0.15) is 12.8 Å². The van der Waals surface area contributed by atoms with E-state index in [-0.39, 0.29) is 18.6 Å². The summed E-state index contributed by atoms with van der Waals surface area (Å²) < 4.78 is 10.2. The number of aliphatic carboxylic acids is 2. The van der Waals surface area contributed by atoms with E-state index < -0.39 is 53.2 Å². The normalized spacial score (nSPS) is 17.1. The third kappa shape index (κ3) is 11.4. The molecule has 3 atom stereocenters. The molecule has 13 heteroatoms. The zero-order valence-electron chi connectivity index (χ0n) is 13.7. The number of amides is 2. The number of thiol groups is 1. The molecule has 0 radical (unpaired) electrons. The van der Waals surface area contributed by atoms with Gasteiger partial charge in [0.2, 0.25) is 11.8 Å². The fraction of sp³-hybridized carbons (Fsp3) is 0.538. The number of carboxylic acids is 2. The van der Waals surface area contributed by atoms with Crippen molar-refractivity contribution < 1.29 is 33.6 Å². The molecule has 0 fully saturated rings. The third-order valence-corrected chi connectivity index (χ3v) is 4.07. The summed E-state index contributed by atoms with van der Waals surface area (Å²) in [5, 5.41) is 25.8. The zero-order valence-corrected chi connectivity index (χ0v) is 15.4. The lowest BCUT2D eigenvalue weighted by Gasteiger charge is -2.16. The Labute approximate surface area is 157 Å². The van der Waals surface area contributed by atoms with Crippen LogP contribution in [0.3, 0.4) is 0 Å². The van der Waals surface area contributed by atoms with E-state index in [1.165, 1.54) is 0 Å². The van der Waals surface area contributed by atoms with Crippen LogP contribution >= 0.6 is 12.6 Å². The Balaban J connectivity index is 0.000000867. The van der Waals surface area contributed by atoms with Crippen LogP contribution < -0.4 is 21.7 Å². The van der Waals surface area contributed by atoms with Gasteiger partial charge in [-0.3, -0.25) is 23.4 Å². The lowest BCUT2D eigenvalue weighted by Crippen LogP contribution is -2.49. The molecule has 0 spiro atoms. The summed E-state index contributed by atoms with van der Waals surface area (Å²) in [6.45, 7) is -0.567. The molecule has 0 aromatic rings. The van der Waals surface area contributed by atoms with Gasteiger partial charge < -0.3 is 31.9 Å². The minimum atomic E-state index is -1.22. The second kappa shape index (κ2) is 13.1. The molecule has 1 aliphatic heterocycles. The topological polar surface area (TPSA) is 188 Å². The minimum Gasteiger partial charge on any atom is -0.480 e. The highest BCUT2D eigenvalue weighted by atomic mass is 32.2. The number of carboxylic acid groups (broad SMARTS) is 2. The van der Waals surface area contributed by atoms with Crippen LogP contribution in [0, 0.1) is 0 Å². The van der Waals surface area contributed by atoms with Gasteiger partial charge in [-0.15, -0.1) is 0 Å². The van der Waals surface area contributed by atoms with Gasteiger partial charge in [0.1, 0.15) is 18.6 Å². The molecular formula is C13H22N4O7S2. The Hall–Kier alpha value is -2.12. The summed E-state index contributed by atoms with van der Waals surface area (Å²) in [6, 6.07) is -2.15. The summed E-state index contributed by atoms with van der Waals surface area (Å²) in [5.41, 5.74) is 5.23. The summed E-state index contributed by atoms with van der Waals surface area (Å²) >= 11 is 3.87. The molecule has 1 rings (SSSR count). The summed E-state index contributed by atoms with van der Waals surface area (Å²) in [4.78, 5) is 43.7. The molecule has 0 saturated carbocycles. The highest BCUT2D eigenvalue weighted by molar-refractivity contribution is 7.88. The van der Waals surface area contributed by atoms with Gasteiger partial charge in [-0.25, -0.2) is 0 Å². The van der Waals surface area contributed by atoms with Crippen molar-refractivity contribution in [1.82, 2.24) is 16.0 Å². The predicted octanol–water partition coefficient (Wildman–Crippen LogP) is -2.44. The van der Waals surface area contributed by atoms with Crippen LogP contribution in [0.4, 0.5) is 0 Å². The standard InChI is InChI=1S/C10H17N3O6S.C3H5NOS/c11-5(10(18)19)1-2-7(14)13-6(4-20)9(17)12-3-8(15)16;5-6-2-1-4-3-6/h5-6,20H,1-4,11H2,(H,12,17)(H,13,14)(H,15,16)(H,18,19);1-2,4H,3H2/t5-,6-;/m0./s1. The van der Waals surface area contributed by atoms with Gasteiger partial charge in [0.05, 0.1) is 16.7 Å². The number of rotatable bonds is 9. The fourth-order valence-electron chi connectivity index (χ4n) is 1.46. The molecule has 1 unspecified atom stereocenters. The lowest BCUT2D eigenvalue weighted by molar-refractivity contribution is -0.139. The van der Waals surface area contributed by atoms with Crippen molar-refractivity contribution >= 4 is 47.2 Å². The number of carbonyl (C=O) groups excluding carboxylic acids is 2. The molecule has 1 heterocycles. The summed E-state index contributed by atoms with van der Waals surface area (Å²) in [6.07, 6.45) is 1.47. The fourth-order valence-corrected chi connectivity index (χ4v) is 2.32. The molecule has 0 aromatic heterocycles. The molecule has 2 amide bonds. The second-order valence-electron chi connectivity index (χ2n) is 4.93. The van der Waals surface area contributed by atoms with E-state index in [1.54, 1.807) is 11.6 Å². The van der Waals surface area contributed by atoms with Gasteiger partial charge in [-0.1, -0.05) is 0 Å². The van der Waals surface area contributed by atoms with Gasteiger partial charge in [-0.2, -0.15) is 12.6 Å². The molecule has 26 heavy (non-hydrogen) atoms. The smallest absolute Gasteiger partial charge is 0.322 e. The third-order valence-electron chi connectivity index (χ3n) is 2.81. The van der Waals surface area contributed by atoms with Crippen molar-refractivity contribution in [3.8, 4) is 0 Å². The Morgan fingerprint density at radius 1 is 1.31 bits per heavy atom. The molecule has 0 aliphatic carbocycles. The molecule has 0 bridgehead atoms. The molecule has 0 aromatic carbocycles. The van der Waals surface area contributed by atoms with Gasteiger partial charge in [0.25, 0.3) is 0 Å². The van der Waals surface area contributed by atoms with Crippen molar-refractivity contribution in [3.63, 3.8) is 0 Å². The maximum absolute atomic E-state index is 11.5. The Bertz CT molecular complexity index is 571. The number of hydrogen-bond donors (Lipinski definition) is 7. The molecule has 0 saturated heterocycles. The van der Waals surface area contributed by atoms with Gasteiger partial charge in [0.15, 0.2) is 0 Å². The Morgan fingerprint density at radius 3 is 2.35 bits per heavy atom. The van der Waals surface area contributed by atoms with Gasteiger partial charge in [-0.05, 0) is 6.42 Å². The van der Waals surface area contributed by atoms with Crippen molar-refractivity contribution in [2.75, 3.05) is 18.2 Å². The van der Waals surface area contributed by atoms with Crippen molar-refractivity contribution in [3.05, 3.63) is 11.6 Å². The molecule has 148 valence electrons. The number of nitrogens with two attached hydrogens (primary N) is 1. The van der Waals surface area contributed by atoms with E-state index in [1.807, 2.05) is 0 Å². The number of nitrogens with one attached hydrogen (secondary N) is 3. The van der Waals surface area contributed by atoms with E-state index in [0.717, 1.165) is 0 Å². The molecule has 7 N–H and O–H groups in total. The van der Waals surface area contributed by atoms with E-state index in [2.05, 4.69) is 28.6 Å². The van der Waals surface area contributed by atoms with Crippen molar-refractivity contribution in [2.45, 2.75) is 24.9 Å². The second-order valence-corrected chi connectivity index (χ2v) is 6.62. The van der Waals surface area contributed by atoms with Crippen LogP contribution in [-0.4, -0.2) is 68.4 Å². The largest absolute Gasteiger partial charge is 0.480 e. The van der Waals surface area contributed by atoms with Crippen molar-refractivity contribution in [1.29, 1.82) is 0 Å². The molecular weight excluding hydrogens is 388 g/mol. The number of hydrogen-bond acceptors (Lipinski definition) is 8. The Morgan fingerprint density at radius 2 is 1.96 bits per heavy atom. The van der Waals surface area contributed by atoms with E-state index >= 15 is 0 Å². The first-order valence-electron chi connectivity index (χ1n) is 7.32. The van der Waals surface area contributed by atoms with E-state index in [0.29, 0.717) is 5.88 Å². The monoisotopic (exact) mass is 410 g/mol. The minimum absolute atomic E-state index is 0.0256. The van der Waals surface area contributed by atoms with Crippen molar-refractivity contribution in [2.24, 2.45) is 5.73 Å². The summed E-state index contributed by atoms with van der Waals surface area (Å²) in [5.74, 6) is -3.11. The maximum atomic E-state index is 11.5. The maximum Gasteiger partial charge on any atom is 0.322 e.